The van der Waals surface area contributed by atoms with Gasteiger partial charge in [0.1, 0.15) is 19.0 Å². The molecule has 1 N–H and O–H groups in total. The predicted octanol–water partition coefficient (Wildman–Crippen LogP) is 2.47. The summed E-state index contributed by atoms with van der Waals surface area (Å²) in [4.78, 5) is 4.52. The quantitative estimate of drug-likeness (QED) is 0.890. The highest BCUT2D eigenvalue weighted by Crippen LogP contribution is 2.40. The lowest BCUT2D eigenvalue weighted by Crippen LogP contribution is -2.27. The van der Waals surface area contributed by atoms with Crippen LogP contribution in [0.15, 0.2) is 30.6 Å². The summed E-state index contributed by atoms with van der Waals surface area (Å²) in [5, 5.41) is 3.70. The first kappa shape index (κ1) is 14.6. The topological polar surface area (TPSA) is 48.3 Å². The number of imidazole rings is 1. The smallest absolute Gasteiger partial charge is 0.161 e. The number of benzene rings is 1. The average molecular weight is 313 g/mol. The van der Waals surface area contributed by atoms with Gasteiger partial charge in [0.05, 0.1) is 6.04 Å². The number of rotatable bonds is 6. The lowest BCUT2D eigenvalue weighted by Gasteiger charge is -2.20. The molecule has 122 valence electrons. The molecule has 1 aliphatic carbocycles. The number of aryl methyl sites for hydroxylation is 1. The van der Waals surface area contributed by atoms with Crippen molar-refractivity contribution >= 4 is 0 Å². The fourth-order valence-electron chi connectivity index (χ4n) is 3.19. The van der Waals surface area contributed by atoms with Gasteiger partial charge in [-0.05, 0) is 49.4 Å². The minimum Gasteiger partial charge on any atom is -0.486 e. The highest BCUT2D eigenvalue weighted by atomic mass is 16.6. The number of fused-ring (bicyclic) bond motifs is 1. The first-order valence-electron chi connectivity index (χ1n) is 8.40. The fraction of sp³-hybridized carbons (Fsp3) is 0.500. The first-order chi connectivity index (χ1) is 11.3. The maximum atomic E-state index is 5.66. The third kappa shape index (κ3) is 3.20. The molecule has 0 spiro atoms. The molecule has 1 aliphatic heterocycles. The monoisotopic (exact) mass is 313 g/mol. The van der Waals surface area contributed by atoms with Crippen molar-refractivity contribution in [2.45, 2.75) is 25.3 Å². The molecule has 1 aromatic heterocycles. The Labute approximate surface area is 136 Å². The minimum atomic E-state index is 0.368. The van der Waals surface area contributed by atoms with Crippen LogP contribution in [0.1, 0.15) is 30.3 Å². The van der Waals surface area contributed by atoms with Crippen molar-refractivity contribution in [3.05, 3.63) is 42.0 Å². The second-order valence-electron chi connectivity index (χ2n) is 6.39. The zero-order valence-corrected chi connectivity index (χ0v) is 13.5. The van der Waals surface area contributed by atoms with Gasteiger partial charge in [0, 0.05) is 19.4 Å². The van der Waals surface area contributed by atoms with Crippen LogP contribution in [-0.4, -0.2) is 29.3 Å². The maximum Gasteiger partial charge on any atom is 0.161 e. The van der Waals surface area contributed by atoms with E-state index in [1.165, 1.54) is 18.4 Å². The zero-order valence-electron chi connectivity index (χ0n) is 13.5. The van der Waals surface area contributed by atoms with Gasteiger partial charge in [0.2, 0.25) is 0 Å². The lowest BCUT2D eigenvalue weighted by atomic mass is 10.1. The maximum absolute atomic E-state index is 5.66. The lowest BCUT2D eigenvalue weighted by molar-refractivity contribution is 0.171. The molecule has 0 saturated heterocycles. The molecular formula is C18H23N3O2. The molecule has 23 heavy (non-hydrogen) atoms. The Morgan fingerprint density at radius 2 is 2.09 bits per heavy atom. The summed E-state index contributed by atoms with van der Waals surface area (Å²) in [5.41, 5.74) is 1.27. The van der Waals surface area contributed by atoms with Crippen LogP contribution >= 0.6 is 0 Å². The van der Waals surface area contributed by atoms with Crippen molar-refractivity contribution in [2.24, 2.45) is 13.0 Å². The van der Waals surface area contributed by atoms with Crippen LogP contribution in [-0.2, 0) is 13.5 Å². The molecule has 0 amide bonds. The Morgan fingerprint density at radius 3 is 2.83 bits per heavy atom. The Hall–Kier alpha value is -2.01. The third-order valence-electron chi connectivity index (χ3n) is 4.61. The summed E-state index contributed by atoms with van der Waals surface area (Å²) in [5.74, 6) is 3.61. The van der Waals surface area contributed by atoms with E-state index in [2.05, 4.69) is 34.0 Å². The number of aromatic nitrogens is 2. The standard InChI is InChI=1S/C18H23N3O2/c1-21-9-8-20-18(21)17(14-3-4-14)19-7-6-13-2-5-15-16(12-13)23-11-10-22-15/h2,5,8-9,12,14,17,19H,3-4,6-7,10-11H2,1H3/t17-/m0/s1. The number of ether oxygens (including phenoxy) is 2. The largest absolute Gasteiger partial charge is 0.486 e. The van der Waals surface area contributed by atoms with Gasteiger partial charge < -0.3 is 19.4 Å². The van der Waals surface area contributed by atoms with Gasteiger partial charge in [-0.25, -0.2) is 4.98 Å². The van der Waals surface area contributed by atoms with Gasteiger partial charge in [-0.1, -0.05) is 6.07 Å². The van der Waals surface area contributed by atoms with Gasteiger partial charge in [0.25, 0.3) is 0 Å². The molecule has 4 rings (SSSR count). The van der Waals surface area contributed by atoms with Crippen molar-refractivity contribution < 1.29 is 9.47 Å². The molecule has 2 aromatic rings. The van der Waals surface area contributed by atoms with E-state index in [9.17, 15) is 0 Å². The predicted molar refractivity (Wildman–Crippen MR) is 87.8 cm³/mol. The van der Waals surface area contributed by atoms with E-state index in [1.807, 2.05) is 18.5 Å². The zero-order chi connectivity index (χ0) is 15.6. The van der Waals surface area contributed by atoms with E-state index in [1.54, 1.807) is 0 Å². The summed E-state index contributed by atoms with van der Waals surface area (Å²) < 4.78 is 13.4. The van der Waals surface area contributed by atoms with Gasteiger partial charge >= 0.3 is 0 Å². The molecule has 1 fully saturated rings. The van der Waals surface area contributed by atoms with E-state index in [0.717, 1.165) is 36.2 Å². The summed E-state index contributed by atoms with van der Waals surface area (Å²) in [7, 11) is 2.07. The molecule has 1 atom stereocenters. The van der Waals surface area contributed by atoms with Crippen LogP contribution in [0.2, 0.25) is 0 Å². The van der Waals surface area contributed by atoms with Crippen molar-refractivity contribution in [3.63, 3.8) is 0 Å². The van der Waals surface area contributed by atoms with E-state index in [4.69, 9.17) is 9.47 Å². The highest BCUT2D eigenvalue weighted by molar-refractivity contribution is 5.43. The highest BCUT2D eigenvalue weighted by Gasteiger charge is 2.34. The van der Waals surface area contributed by atoms with Crippen LogP contribution in [0.25, 0.3) is 0 Å². The Morgan fingerprint density at radius 1 is 1.26 bits per heavy atom. The molecule has 1 aromatic carbocycles. The molecule has 0 unspecified atom stereocenters. The fourth-order valence-corrected chi connectivity index (χ4v) is 3.19. The molecule has 1 saturated carbocycles. The summed E-state index contributed by atoms with van der Waals surface area (Å²) in [6.45, 7) is 2.21. The normalized spacial score (nSPS) is 18.0. The molecular weight excluding hydrogens is 290 g/mol. The van der Waals surface area contributed by atoms with Crippen LogP contribution in [0.4, 0.5) is 0 Å². The summed E-state index contributed by atoms with van der Waals surface area (Å²) in [6.07, 6.45) is 7.48. The van der Waals surface area contributed by atoms with E-state index in [-0.39, 0.29) is 0 Å². The van der Waals surface area contributed by atoms with Crippen LogP contribution in [0, 0.1) is 5.92 Å². The second-order valence-corrected chi connectivity index (χ2v) is 6.39. The van der Waals surface area contributed by atoms with Crippen LogP contribution in [0.3, 0.4) is 0 Å². The average Bonchev–Trinajstić information content (AvgIpc) is 3.33. The molecule has 2 heterocycles. The Balaban J connectivity index is 1.38. The van der Waals surface area contributed by atoms with Gasteiger partial charge in [-0.15, -0.1) is 0 Å². The number of nitrogens with one attached hydrogen (secondary N) is 1. The van der Waals surface area contributed by atoms with Crippen molar-refractivity contribution in [1.29, 1.82) is 0 Å². The summed E-state index contributed by atoms with van der Waals surface area (Å²) >= 11 is 0. The van der Waals surface area contributed by atoms with E-state index < -0.39 is 0 Å². The van der Waals surface area contributed by atoms with Crippen LogP contribution in [0.5, 0.6) is 11.5 Å². The minimum absolute atomic E-state index is 0.368. The van der Waals surface area contributed by atoms with Gasteiger partial charge in [-0.2, -0.15) is 0 Å². The number of hydrogen-bond donors (Lipinski definition) is 1. The summed E-state index contributed by atoms with van der Waals surface area (Å²) in [6, 6.07) is 6.61. The molecule has 2 aliphatic rings. The van der Waals surface area contributed by atoms with Crippen molar-refractivity contribution in [3.8, 4) is 11.5 Å². The van der Waals surface area contributed by atoms with Gasteiger partial charge in [-0.3, -0.25) is 0 Å². The third-order valence-corrected chi connectivity index (χ3v) is 4.61. The van der Waals surface area contributed by atoms with Gasteiger partial charge in [0.15, 0.2) is 11.5 Å². The van der Waals surface area contributed by atoms with Crippen molar-refractivity contribution in [1.82, 2.24) is 14.9 Å². The molecule has 0 bridgehead atoms. The molecule has 0 radical (unpaired) electrons. The second kappa shape index (κ2) is 6.24. The van der Waals surface area contributed by atoms with Crippen LogP contribution < -0.4 is 14.8 Å². The number of hydrogen-bond acceptors (Lipinski definition) is 4. The Bertz CT molecular complexity index is 679. The van der Waals surface area contributed by atoms with E-state index >= 15 is 0 Å². The molecule has 5 nitrogen and oxygen atoms in total. The van der Waals surface area contributed by atoms with Crippen molar-refractivity contribution in [2.75, 3.05) is 19.8 Å². The number of nitrogens with zero attached hydrogens (tertiary/aromatic N) is 2. The molecule has 5 heteroatoms. The van der Waals surface area contributed by atoms with E-state index in [0.29, 0.717) is 19.3 Å². The SMILES string of the molecule is Cn1ccnc1[C@@H](NCCc1ccc2c(c1)OCCO2)C1CC1. The Kier molecular flexibility index (Phi) is 3.95. The first-order valence-corrected chi connectivity index (χ1v) is 8.40.